The Morgan fingerprint density at radius 3 is 2.41 bits per heavy atom. The van der Waals surface area contributed by atoms with E-state index in [-0.39, 0.29) is 27.9 Å². The van der Waals surface area contributed by atoms with Gasteiger partial charge in [0.25, 0.3) is 0 Å². The molecule has 0 amide bonds. The van der Waals surface area contributed by atoms with Crippen LogP contribution in [0.25, 0.3) is 6.08 Å². The molecule has 0 bridgehead atoms. The van der Waals surface area contributed by atoms with Crippen molar-refractivity contribution in [2.45, 2.75) is 6.92 Å². The molecule has 0 spiro atoms. The van der Waals surface area contributed by atoms with E-state index in [0.717, 1.165) is 0 Å². The average Bonchev–Trinajstić information content (AvgIpc) is 3.09. The summed E-state index contributed by atoms with van der Waals surface area (Å²) in [5, 5.41) is 0.283. The van der Waals surface area contributed by atoms with Gasteiger partial charge in [0.15, 0.2) is 5.76 Å². The minimum atomic E-state index is -0.610. The van der Waals surface area contributed by atoms with Gasteiger partial charge in [-0.05, 0) is 54.5 Å². The number of ether oxygens (including phenoxy) is 3. The molecule has 1 heterocycles. The molecule has 4 rings (SSSR count). The summed E-state index contributed by atoms with van der Waals surface area (Å²) in [6.45, 7) is 1.74. The second kappa shape index (κ2) is 8.69. The second-order valence-corrected chi connectivity index (χ2v) is 7.44. The normalized spacial score (nSPS) is 13.5. The number of hydrogen-bond donors (Lipinski definition) is 0. The van der Waals surface area contributed by atoms with Gasteiger partial charge in [-0.2, -0.15) is 0 Å². The Hall–Kier alpha value is -3.90. The molecule has 0 aromatic heterocycles. The topological polar surface area (TPSA) is 78.9 Å². The number of fused-ring (bicyclic) bond motifs is 1. The van der Waals surface area contributed by atoms with Gasteiger partial charge in [0.2, 0.25) is 5.78 Å². The molecule has 0 saturated carbocycles. The minimum Gasteiger partial charge on any atom is -0.465 e. The van der Waals surface area contributed by atoms with E-state index in [2.05, 4.69) is 4.74 Å². The fraction of sp³-hybridized carbons (Fsp3) is 0.0800. The Labute approximate surface area is 189 Å². The number of Topliss-reactive ketones (excluding diaryl/α,β-unsaturated/α-hetero) is 1. The highest BCUT2D eigenvalue weighted by atomic mass is 35.5. The zero-order chi connectivity index (χ0) is 22.8. The van der Waals surface area contributed by atoms with Crippen LogP contribution < -0.4 is 9.47 Å². The molecule has 0 fully saturated rings. The van der Waals surface area contributed by atoms with E-state index >= 15 is 0 Å². The molecule has 0 saturated heterocycles. The first-order chi connectivity index (χ1) is 15.4. The maximum atomic E-state index is 12.9. The highest BCUT2D eigenvalue weighted by Crippen LogP contribution is 2.38. The predicted molar refractivity (Wildman–Crippen MR) is 118 cm³/mol. The van der Waals surface area contributed by atoms with Gasteiger partial charge in [0, 0.05) is 6.07 Å². The fourth-order valence-corrected chi connectivity index (χ4v) is 3.52. The summed E-state index contributed by atoms with van der Waals surface area (Å²) in [5.74, 6) is -0.668. The smallest absolute Gasteiger partial charge is 0.345 e. The van der Waals surface area contributed by atoms with Gasteiger partial charge in [-0.25, -0.2) is 9.59 Å². The van der Waals surface area contributed by atoms with Gasteiger partial charge in [0.1, 0.15) is 11.5 Å². The molecule has 7 heteroatoms. The molecule has 1 aliphatic heterocycles. The molecule has 0 atom stereocenters. The third-order valence-corrected chi connectivity index (χ3v) is 5.21. The van der Waals surface area contributed by atoms with E-state index in [1.165, 1.54) is 13.2 Å². The third-order valence-electron chi connectivity index (χ3n) is 4.88. The molecule has 0 radical (unpaired) electrons. The minimum absolute atomic E-state index is 0.128. The monoisotopic (exact) mass is 448 g/mol. The summed E-state index contributed by atoms with van der Waals surface area (Å²) in [4.78, 5) is 36.9. The number of benzene rings is 3. The van der Waals surface area contributed by atoms with E-state index < -0.39 is 11.9 Å². The zero-order valence-corrected chi connectivity index (χ0v) is 17.9. The predicted octanol–water partition coefficient (Wildman–Crippen LogP) is 5.27. The van der Waals surface area contributed by atoms with Gasteiger partial charge in [-0.3, -0.25) is 4.79 Å². The summed E-state index contributed by atoms with van der Waals surface area (Å²) in [6.07, 6.45) is 1.58. The third kappa shape index (κ3) is 4.13. The van der Waals surface area contributed by atoms with Crippen LogP contribution in [0.15, 0.2) is 66.4 Å². The van der Waals surface area contributed by atoms with Crippen molar-refractivity contribution in [3.63, 3.8) is 0 Å². The molecular formula is C25H17ClO6. The van der Waals surface area contributed by atoms with Gasteiger partial charge in [0.05, 0.1) is 28.8 Å². The van der Waals surface area contributed by atoms with E-state index in [0.29, 0.717) is 28.0 Å². The van der Waals surface area contributed by atoms with Crippen molar-refractivity contribution < 1.29 is 28.6 Å². The lowest BCUT2D eigenvalue weighted by Crippen LogP contribution is -2.09. The van der Waals surface area contributed by atoms with Crippen molar-refractivity contribution in [2.24, 2.45) is 0 Å². The van der Waals surface area contributed by atoms with Gasteiger partial charge in [-0.1, -0.05) is 35.9 Å². The molecule has 1 aliphatic rings. The number of ketones is 1. The number of halogens is 1. The second-order valence-electron chi connectivity index (χ2n) is 7.04. The van der Waals surface area contributed by atoms with Crippen molar-refractivity contribution in [3.8, 4) is 11.5 Å². The summed E-state index contributed by atoms with van der Waals surface area (Å²) < 4.78 is 15.9. The van der Waals surface area contributed by atoms with E-state index in [4.69, 9.17) is 21.1 Å². The van der Waals surface area contributed by atoms with Crippen LogP contribution in [0, 0.1) is 6.92 Å². The van der Waals surface area contributed by atoms with Gasteiger partial charge in [-0.15, -0.1) is 0 Å². The Kier molecular flexibility index (Phi) is 5.79. The van der Waals surface area contributed by atoms with Crippen molar-refractivity contribution >= 4 is 35.4 Å². The zero-order valence-electron chi connectivity index (χ0n) is 17.2. The molecule has 3 aromatic carbocycles. The number of allylic oxidation sites excluding steroid dienone is 1. The number of methoxy groups -OCH3 is 1. The fourth-order valence-electron chi connectivity index (χ4n) is 3.31. The summed E-state index contributed by atoms with van der Waals surface area (Å²) >= 11 is 6.06. The Bertz CT molecular complexity index is 1270. The maximum Gasteiger partial charge on any atom is 0.345 e. The van der Waals surface area contributed by atoms with Crippen LogP contribution in [0.1, 0.15) is 42.2 Å². The number of hydrogen-bond acceptors (Lipinski definition) is 6. The quantitative estimate of drug-likeness (QED) is 0.307. The van der Waals surface area contributed by atoms with Crippen molar-refractivity contribution in [3.05, 3.63) is 99.3 Å². The highest BCUT2D eigenvalue weighted by molar-refractivity contribution is 6.33. The van der Waals surface area contributed by atoms with Crippen molar-refractivity contribution in [1.29, 1.82) is 0 Å². The molecule has 32 heavy (non-hydrogen) atoms. The molecule has 0 unspecified atom stereocenters. The lowest BCUT2D eigenvalue weighted by molar-refractivity contribution is 0.0600. The maximum absolute atomic E-state index is 12.9. The standard InChI is InChI=1S/C25H17ClO6/c1-14-11-17(31-25(29)18-5-3-4-6-19(18)26)13-20-22(14)23(27)21(32-20)12-15-7-9-16(10-8-15)24(28)30-2/h3-13H,1-2H3/b21-12-. The SMILES string of the molecule is COC(=O)c1ccc(/C=C2\Oc3cc(OC(=O)c4ccccc4Cl)cc(C)c3C2=O)cc1. The van der Waals surface area contributed by atoms with Crippen LogP contribution in [0.2, 0.25) is 5.02 Å². The highest BCUT2D eigenvalue weighted by Gasteiger charge is 2.30. The van der Waals surface area contributed by atoms with E-state index in [1.54, 1.807) is 67.6 Å². The lowest BCUT2D eigenvalue weighted by atomic mass is 10.0. The van der Waals surface area contributed by atoms with Crippen LogP contribution in [-0.2, 0) is 4.74 Å². The lowest BCUT2D eigenvalue weighted by Gasteiger charge is -2.08. The van der Waals surface area contributed by atoms with Crippen molar-refractivity contribution in [1.82, 2.24) is 0 Å². The van der Waals surface area contributed by atoms with Crippen LogP contribution in [0.5, 0.6) is 11.5 Å². The number of rotatable bonds is 4. The molecular weight excluding hydrogens is 432 g/mol. The number of aryl methyl sites for hydroxylation is 1. The number of carbonyl (C=O) groups excluding carboxylic acids is 3. The van der Waals surface area contributed by atoms with Crippen LogP contribution >= 0.6 is 11.6 Å². The number of carbonyl (C=O) groups is 3. The Morgan fingerprint density at radius 2 is 1.72 bits per heavy atom. The van der Waals surface area contributed by atoms with E-state index in [1.807, 2.05) is 0 Å². The summed E-state index contributed by atoms with van der Waals surface area (Å²) in [6, 6.07) is 16.2. The molecule has 0 aliphatic carbocycles. The molecule has 3 aromatic rings. The van der Waals surface area contributed by atoms with E-state index in [9.17, 15) is 14.4 Å². The first-order valence-corrected chi connectivity index (χ1v) is 9.99. The number of esters is 2. The van der Waals surface area contributed by atoms with Gasteiger partial charge < -0.3 is 14.2 Å². The first kappa shape index (κ1) is 21.3. The Balaban J connectivity index is 1.58. The van der Waals surface area contributed by atoms with Crippen LogP contribution in [-0.4, -0.2) is 24.8 Å². The average molecular weight is 449 g/mol. The summed E-state index contributed by atoms with van der Waals surface area (Å²) in [5.41, 5.74) is 2.33. The van der Waals surface area contributed by atoms with Gasteiger partial charge >= 0.3 is 11.9 Å². The molecule has 6 nitrogen and oxygen atoms in total. The first-order valence-electron chi connectivity index (χ1n) is 9.61. The largest absolute Gasteiger partial charge is 0.465 e. The summed E-state index contributed by atoms with van der Waals surface area (Å²) in [7, 11) is 1.31. The Morgan fingerprint density at radius 1 is 1.00 bits per heavy atom. The van der Waals surface area contributed by atoms with Crippen LogP contribution in [0.3, 0.4) is 0 Å². The molecule has 0 N–H and O–H groups in total. The van der Waals surface area contributed by atoms with Crippen LogP contribution in [0.4, 0.5) is 0 Å². The van der Waals surface area contributed by atoms with Crippen molar-refractivity contribution in [2.75, 3.05) is 7.11 Å². The molecule has 160 valence electrons.